The van der Waals surface area contributed by atoms with E-state index in [0.29, 0.717) is 13.2 Å². The molecule has 3 aromatic rings. The zero-order chi connectivity index (χ0) is 18.9. The molecule has 0 aliphatic rings. The molecular weight excluding hydrogens is 356 g/mol. The number of carbonyl (C=O) groups is 1. The second-order valence-electron chi connectivity index (χ2n) is 6.08. The fourth-order valence-electron chi connectivity index (χ4n) is 2.55. The standard InChI is InChI=1S/C22H22N2O2S/c1-17-24-20(16-27-17)15-26-21-9-5-8-19(14-21)10-11-22(25)23-13-12-18-6-3-2-4-7-18/h2-11,14,16H,12-13,15H2,1H3,(H,23,25)/b11-10+. The SMILES string of the molecule is Cc1nc(COc2cccc(/C=C/C(=O)NCCc3ccccc3)c2)cs1. The molecule has 0 spiro atoms. The number of benzene rings is 2. The van der Waals surface area contributed by atoms with Crippen molar-refractivity contribution in [1.29, 1.82) is 0 Å². The second kappa shape index (κ2) is 9.69. The van der Waals surface area contributed by atoms with Crippen molar-refractivity contribution in [3.63, 3.8) is 0 Å². The smallest absolute Gasteiger partial charge is 0.244 e. The maximum atomic E-state index is 12.0. The van der Waals surface area contributed by atoms with Crippen LogP contribution < -0.4 is 10.1 Å². The van der Waals surface area contributed by atoms with E-state index in [4.69, 9.17) is 4.74 Å². The van der Waals surface area contributed by atoms with Gasteiger partial charge in [0.25, 0.3) is 0 Å². The summed E-state index contributed by atoms with van der Waals surface area (Å²) in [4.78, 5) is 16.4. The molecule has 0 atom stereocenters. The van der Waals surface area contributed by atoms with Crippen LogP contribution >= 0.6 is 11.3 Å². The van der Waals surface area contributed by atoms with Crippen molar-refractivity contribution in [3.8, 4) is 5.75 Å². The van der Waals surface area contributed by atoms with Crippen molar-refractivity contribution in [2.45, 2.75) is 20.0 Å². The van der Waals surface area contributed by atoms with E-state index in [9.17, 15) is 4.79 Å². The van der Waals surface area contributed by atoms with Crippen LogP contribution in [-0.2, 0) is 17.8 Å². The van der Waals surface area contributed by atoms with Crippen LogP contribution in [0.25, 0.3) is 6.08 Å². The molecule has 0 saturated carbocycles. The number of rotatable bonds is 8. The minimum Gasteiger partial charge on any atom is -0.487 e. The average molecular weight is 378 g/mol. The molecule has 1 aromatic heterocycles. The van der Waals surface area contributed by atoms with Gasteiger partial charge >= 0.3 is 0 Å². The number of carbonyl (C=O) groups excluding carboxylic acids is 1. The lowest BCUT2D eigenvalue weighted by atomic mass is 10.1. The third-order valence-corrected chi connectivity index (χ3v) is 4.72. The summed E-state index contributed by atoms with van der Waals surface area (Å²) >= 11 is 1.61. The Bertz CT molecular complexity index is 903. The molecule has 0 saturated heterocycles. The van der Waals surface area contributed by atoms with Gasteiger partial charge in [0, 0.05) is 18.0 Å². The number of hydrogen-bond acceptors (Lipinski definition) is 4. The number of aromatic nitrogens is 1. The lowest BCUT2D eigenvalue weighted by Crippen LogP contribution is -2.23. The van der Waals surface area contributed by atoms with Crippen LogP contribution in [0.2, 0.25) is 0 Å². The summed E-state index contributed by atoms with van der Waals surface area (Å²) in [5.74, 6) is 0.655. The lowest BCUT2D eigenvalue weighted by Gasteiger charge is -2.05. The molecule has 0 fully saturated rings. The summed E-state index contributed by atoms with van der Waals surface area (Å²) in [6.45, 7) is 3.03. The maximum absolute atomic E-state index is 12.0. The zero-order valence-electron chi connectivity index (χ0n) is 15.2. The van der Waals surface area contributed by atoms with E-state index in [1.165, 1.54) is 5.56 Å². The minimum atomic E-state index is -0.102. The first kappa shape index (κ1) is 18.9. The quantitative estimate of drug-likeness (QED) is 0.591. The van der Waals surface area contributed by atoms with Gasteiger partial charge in [-0.1, -0.05) is 42.5 Å². The summed E-state index contributed by atoms with van der Waals surface area (Å²) in [5.41, 5.74) is 3.05. The summed E-state index contributed by atoms with van der Waals surface area (Å²) in [6.07, 6.45) is 4.16. The van der Waals surface area contributed by atoms with Crippen LogP contribution in [0, 0.1) is 6.92 Å². The van der Waals surface area contributed by atoms with Gasteiger partial charge in [0.05, 0.1) is 10.7 Å². The monoisotopic (exact) mass is 378 g/mol. The number of nitrogens with one attached hydrogen (secondary N) is 1. The topological polar surface area (TPSA) is 51.2 Å². The number of aryl methyl sites for hydroxylation is 1. The van der Waals surface area contributed by atoms with Gasteiger partial charge in [-0.05, 0) is 42.7 Å². The number of thiazole rings is 1. The Morgan fingerprint density at radius 2 is 2.04 bits per heavy atom. The number of hydrogen-bond donors (Lipinski definition) is 1. The lowest BCUT2D eigenvalue weighted by molar-refractivity contribution is -0.116. The predicted molar refractivity (Wildman–Crippen MR) is 110 cm³/mol. The average Bonchev–Trinajstić information content (AvgIpc) is 3.11. The van der Waals surface area contributed by atoms with Crippen LogP contribution in [0.15, 0.2) is 66.1 Å². The van der Waals surface area contributed by atoms with Crippen LogP contribution in [-0.4, -0.2) is 17.4 Å². The molecular formula is C22H22N2O2S. The zero-order valence-corrected chi connectivity index (χ0v) is 16.0. The summed E-state index contributed by atoms with van der Waals surface area (Å²) < 4.78 is 5.78. The Hall–Kier alpha value is -2.92. The van der Waals surface area contributed by atoms with E-state index in [2.05, 4.69) is 22.4 Å². The van der Waals surface area contributed by atoms with Gasteiger partial charge in [-0.3, -0.25) is 4.79 Å². The fourth-order valence-corrected chi connectivity index (χ4v) is 3.14. The van der Waals surface area contributed by atoms with Crippen molar-refractivity contribution in [2.24, 2.45) is 0 Å². The molecule has 1 heterocycles. The summed E-state index contributed by atoms with van der Waals surface area (Å²) in [5, 5.41) is 5.93. The van der Waals surface area contributed by atoms with Gasteiger partial charge in [0.15, 0.2) is 0 Å². The van der Waals surface area contributed by atoms with Gasteiger partial charge in [0.1, 0.15) is 12.4 Å². The first-order chi connectivity index (χ1) is 13.2. The Labute approximate surface area is 163 Å². The van der Waals surface area contributed by atoms with Gasteiger partial charge in [-0.2, -0.15) is 0 Å². The van der Waals surface area contributed by atoms with E-state index in [0.717, 1.165) is 28.4 Å². The molecule has 4 nitrogen and oxygen atoms in total. The highest BCUT2D eigenvalue weighted by Crippen LogP contribution is 2.17. The Morgan fingerprint density at radius 3 is 2.81 bits per heavy atom. The van der Waals surface area contributed by atoms with E-state index in [-0.39, 0.29) is 5.91 Å². The molecule has 0 aliphatic heterocycles. The third kappa shape index (κ3) is 6.38. The molecule has 0 bridgehead atoms. The van der Waals surface area contributed by atoms with E-state index in [1.807, 2.05) is 54.8 Å². The molecule has 1 N–H and O–H groups in total. The van der Waals surface area contributed by atoms with Crippen LogP contribution in [0.3, 0.4) is 0 Å². The molecule has 3 rings (SSSR count). The highest BCUT2D eigenvalue weighted by molar-refractivity contribution is 7.09. The fraction of sp³-hybridized carbons (Fsp3) is 0.182. The number of ether oxygens (including phenoxy) is 1. The summed E-state index contributed by atoms with van der Waals surface area (Å²) in [6, 6.07) is 17.8. The van der Waals surface area contributed by atoms with Gasteiger partial charge in [0.2, 0.25) is 5.91 Å². The summed E-state index contributed by atoms with van der Waals surface area (Å²) in [7, 11) is 0. The van der Waals surface area contributed by atoms with Crippen molar-refractivity contribution >= 4 is 23.3 Å². The van der Waals surface area contributed by atoms with E-state index < -0.39 is 0 Å². The predicted octanol–water partition coefficient (Wildman–Crippen LogP) is 4.40. The van der Waals surface area contributed by atoms with Crippen LogP contribution in [0.5, 0.6) is 5.75 Å². The third-order valence-electron chi connectivity index (χ3n) is 3.89. The Balaban J connectivity index is 1.47. The van der Waals surface area contributed by atoms with Crippen molar-refractivity contribution in [2.75, 3.05) is 6.54 Å². The normalized spacial score (nSPS) is 10.9. The largest absolute Gasteiger partial charge is 0.487 e. The Kier molecular flexibility index (Phi) is 6.77. The Morgan fingerprint density at radius 1 is 1.19 bits per heavy atom. The first-order valence-electron chi connectivity index (χ1n) is 8.83. The molecule has 27 heavy (non-hydrogen) atoms. The molecule has 0 radical (unpaired) electrons. The molecule has 0 aliphatic carbocycles. The number of amides is 1. The molecule has 0 unspecified atom stereocenters. The van der Waals surface area contributed by atoms with Gasteiger partial charge < -0.3 is 10.1 Å². The van der Waals surface area contributed by atoms with Crippen LogP contribution in [0.4, 0.5) is 0 Å². The molecule has 1 amide bonds. The molecule has 5 heteroatoms. The second-order valence-corrected chi connectivity index (χ2v) is 7.14. The van der Waals surface area contributed by atoms with Gasteiger partial charge in [-0.25, -0.2) is 4.98 Å². The highest BCUT2D eigenvalue weighted by Gasteiger charge is 2.01. The van der Waals surface area contributed by atoms with Gasteiger partial charge in [-0.15, -0.1) is 11.3 Å². The van der Waals surface area contributed by atoms with Crippen molar-refractivity contribution in [3.05, 3.63) is 87.9 Å². The highest BCUT2D eigenvalue weighted by atomic mass is 32.1. The van der Waals surface area contributed by atoms with Crippen molar-refractivity contribution < 1.29 is 9.53 Å². The minimum absolute atomic E-state index is 0.102. The maximum Gasteiger partial charge on any atom is 0.244 e. The molecule has 2 aromatic carbocycles. The van der Waals surface area contributed by atoms with Crippen molar-refractivity contribution in [1.82, 2.24) is 10.3 Å². The number of nitrogens with zero attached hydrogens (tertiary/aromatic N) is 1. The van der Waals surface area contributed by atoms with E-state index in [1.54, 1.807) is 23.5 Å². The van der Waals surface area contributed by atoms with E-state index >= 15 is 0 Å². The van der Waals surface area contributed by atoms with Crippen LogP contribution in [0.1, 0.15) is 21.8 Å². The first-order valence-corrected chi connectivity index (χ1v) is 9.71. The molecule has 138 valence electrons.